The van der Waals surface area contributed by atoms with Crippen LogP contribution in [0.2, 0.25) is 0 Å². The van der Waals surface area contributed by atoms with E-state index >= 15 is 0 Å². The summed E-state index contributed by atoms with van der Waals surface area (Å²) >= 11 is 1.48. The van der Waals surface area contributed by atoms with Crippen molar-refractivity contribution in [2.75, 3.05) is 7.05 Å². The summed E-state index contributed by atoms with van der Waals surface area (Å²) in [6, 6.07) is 19.3. The number of amides is 1. The second-order valence-electron chi connectivity index (χ2n) is 8.67. The minimum absolute atomic E-state index is 0.00125. The van der Waals surface area contributed by atoms with E-state index in [1.165, 1.54) is 11.8 Å². The molecule has 0 saturated heterocycles. The number of hydrogen-bond donors (Lipinski definition) is 0. The fourth-order valence-corrected chi connectivity index (χ4v) is 5.06. The predicted molar refractivity (Wildman–Crippen MR) is 136 cm³/mol. The van der Waals surface area contributed by atoms with E-state index in [2.05, 4.69) is 0 Å². The molecule has 0 fully saturated rings. The predicted octanol–water partition coefficient (Wildman–Crippen LogP) is 5.26. The number of allylic oxidation sites excluding steroid dienone is 1. The van der Waals surface area contributed by atoms with Crippen molar-refractivity contribution < 1.29 is 14.3 Å². The number of esters is 1. The molecule has 4 rings (SSSR count). The number of benzene rings is 2. The second kappa shape index (κ2) is 10.3. The molecule has 6 nitrogen and oxygen atoms in total. The summed E-state index contributed by atoms with van der Waals surface area (Å²) in [6.45, 7) is 6.05. The van der Waals surface area contributed by atoms with Crippen LogP contribution in [0, 0.1) is 0 Å². The number of aliphatic imine (C=N–C) groups is 1. The molecule has 2 heterocycles. The molecule has 0 aromatic heterocycles. The van der Waals surface area contributed by atoms with Crippen LogP contribution in [-0.2, 0) is 20.9 Å². The lowest BCUT2D eigenvalue weighted by Gasteiger charge is -2.36. The maximum Gasteiger partial charge on any atom is 0.338 e. The Bertz CT molecular complexity index is 1160. The summed E-state index contributed by atoms with van der Waals surface area (Å²) in [5.41, 5.74) is 3.99. The third-order valence-corrected chi connectivity index (χ3v) is 6.59. The fraction of sp³-hybridized carbons (Fsp3) is 0.296. The number of ether oxygens (including phenoxy) is 1. The number of nitrogens with zero attached hydrogens (tertiary/aromatic N) is 3. The summed E-state index contributed by atoms with van der Waals surface area (Å²) in [5, 5.41) is 2.73. The van der Waals surface area contributed by atoms with Crippen molar-refractivity contribution in [2.24, 2.45) is 4.99 Å². The SMILES string of the molecule is CC1=C(C(=O)OC(C)C)C(c2ccccc2)N2C(CC(=O)N(C)Cc3ccccc3)=CSC2=N1. The summed E-state index contributed by atoms with van der Waals surface area (Å²) in [6.07, 6.45) is -0.0321. The van der Waals surface area contributed by atoms with Crippen LogP contribution in [0.4, 0.5) is 0 Å². The van der Waals surface area contributed by atoms with Crippen molar-refractivity contribution in [3.05, 3.63) is 94.2 Å². The van der Waals surface area contributed by atoms with E-state index in [-0.39, 0.29) is 24.4 Å². The molecular weight excluding hydrogens is 446 g/mol. The van der Waals surface area contributed by atoms with E-state index in [1.807, 2.05) is 98.8 Å². The van der Waals surface area contributed by atoms with Gasteiger partial charge in [-0.25, -0.2) is 9.79 Å². The van der Waals surface area contributed by atoms with E-state index in [1.54, 1.807) is 4.90 Å². The van der Waals surface area contributed by atoms with Gasteiger partial charge in [-0.2, -0.15) is 0 Å². The molecule has 0 aliphatic carbocycles. The molecule has 1 atom stereocenters. The maximum absolute atomic E-state index is 13.2. The Morgan fingerprint density at radius 1 is 1.09 bits per heavy atom. The highest BCUT2D eigenvalue weighted by Crippen LogP contribution is 2.45. The van der Waals surface area contributed by atoms with Gasteiger partial charge in [0, 0.05) is 19.3 Å². The van der Waals surface area contributed by atoms with Crippen molar-refractivity contribution in [1.29, 1.82) is 0 Å². The van der Waals surface area contributed by atoms with Gasteiger partial charge in [-0.05, 0) is 37.3 Å². The van der Waals surface area contributed by atoms with Crippen molar-refractivity contribution in [1.82, 2.24) is 9.80 Å². The largest absolute Gasteiger partial charge is 0.459 e. The molecule has 0 radical (unpaired) electrons. The third-order valence-electron chi connectivity index (χ3n) is 5.70. The lowest BCUT2D eigenvalue weighted by molar-refractivity contribution is -0.143. The zero-order valence-corrected chi connectivity index (χ0v) is 20.7. The highest BCUT2D eigenvalue weighted by atomic mass is 32.2. The smallest absolute Gasteiger partial charge is 0.338 e. The van der Waals surface area contributed by atoms with Crippen LogP contribution in [0.25, 0.3) is 0 Å². The van der Waals surface area contributed by atoms with Gasteiger partial charge in [0.25, 0.3) is 0 Å². The van der Waals surface area contributed by atoms with Gasteiger partial charge in [0.15, 0.2) is 5.17 Å². The number of carbonyl (C=O) groups excluding carboxylic acids is 2. The Labute approximate surface area is 205 Å². The summed E-state index contributed by atoms with van der Waals surface area (Å²) in [4.78, 5) is 34.8. The van der Waals surface area contributed by atoms with Crippen LogP contribution in [0.3, 0.4) is 0 Å². The molecule has 1 amide bonds. The Kier molecular flexibility index (Phi) is 7.22. The van der Waals surface area contributed by atoms with Gasteiger partial charge in [-0.1, -0.05) is 72.4 Å². The quantitative estimate of drug-likeness (QED) is 0.511. The minimum atomic E-state index is -0.409. The molecule has 2 aromatic rings. The number of amidine groups is 1. The Morgan fingerprint density at radius 2 is 1.74 bits per heavy atom. The summed E-state index contributed by atoms with van der Waals surface area (Å²) < 4.78 is 5.59. The van der Waals surface area contributed by atoms with Crippen LogP contribution in [0.15, 0.2) is 88.0 Å². The van der Waals surface area contributed by atoms with Crippen molar-refractivity contribution in [3.63, 3.8) is 0 Å². The Hall–Kier alpha value is -3.32. The van der Waals surface area contributed by atoms with Crippen LogP contribution in [-0.4, -0.2) is 40.0 Å². The van der Waals surface area contributed by atoms with Gasteiger partial charge in [0.05, 0.1) is 29.8 Å². The number of fused-ring (bicyclic) bond motifs is 1. The van der Waals surface area contributed by atoms with E-state index in [0.717, 1.165) is 22.0 Å². The molecular formula is C27H29N3O3S. The first-order valence-electron chi connectivity index (χ1n) is 11.3. The zero-order chi connectivity index (χ0) is 24.2. The standard InChI is InChI=1S/C27H29N3O3S/c1-18(2)33-26(32)24-19(3)28-27-30(25(24)21-13-9-6-10-14-21)22(17-34-27)15-23(31)29(4)16-20-11-7-5-8-12-20/h5-14,17-18,25H,15-16H2,1-4H3. The number of hydrogen-bond acceptors (Lipinski definition) is 6. The van der Waals surface area contributed by atoms with E-state index in [0.29, 0.717) is 17.8 Å². The normalized spacial score (nSPS) is 17.3. The molecule has 0 N–H and O–H groups in total. The van der Waals surface area contributed by atoms with Crippen LogP contribution < -0.4 is 0 Å². The Balaban J connectivity index is 1.62. The first-order valence-corrected chi connectivity index (χ1v) is 12.2. The first-order chi connectivity index (χ1) is 16.3. The first kappa shape index (κ1) is 23.8. The molecule has 176 valence electrons. The van der Waals surface area contributed by atoms with Gasteiger partial charge in [-0.15, -0.1) is 0 Å². The average Bonchev–Trinajstić information content (AvgIpc) is 3.20. The molecule has 1 unspecified atom stereocenters. The highest BCUT2D eigenvalue weighted by Gasteiger charge is 2.41. The average molecular weight is 476 g/mol. The molecule has 0 saturated carbocycles. The van der Waals surface area contributed by atoms with Gasteiger partial charge in [-0.3, -0.25) is 4.79 Å². The lowest BCUT2D eigenvalue weighted by atomic mass is 9.94. The lowest BCUT2D eigenvalue weighted by Crippen LogP contribution is -2.38. The summed E-state index contributed by atoms with van der Waals surface area (Å²) in [7, 11) is 1.81. The van der Waals surface area contributed by atoms with Crippen LogP contribution >= 0.6 is 11.8 Å². The number of carbonyl (C=O) groups is 2. The molecule has 2 aliphatic rings. The molecule has 34 heavy (non-hydrogen) atoms. The fourth-order valence-electron chi connectivity index (χ4n) is 4.09. The van der Waals surface area contributed by atoms with Crippen molar-refractivity contribution in [2.45, 2.75) is 45.9 Å². The van der Waals surface area contributed by atoms with Crippen LogP contribution in [0.1, 0.15) is 44.4 Å². The van der Waals surface area contributed by atoms with E-state index < -0.39 is 6.04 Å². The Morgan fingerprint density at radius 3 is 2.38 bits per heavy atom. The summed E-state index contributed by atoms with van der Waals surface area (Å²) in [5.74, 6) is -0.380. The van der Waals surface area contributed by atoms with Gasteiger partial charge in [0.1, 0.15) is 0 Å². The topological polar surface area (TPSA) is 62.2 Å². The minimum Gasteiger partial charge on any atom is -0.459 e. The van der Waals surface area contributed by atoms with Gasteiger partial charge >= 0.3 is 5.97 Å². The number of thioether (sulfide) groups is 1. The van der Waals surface area contributed by atoms with Gasteiger partial charge in [0.2, 0.25) is 5.91 Å². The second-order valence-corrected chi connectivity index (χ2v) is 9.51. The van der Waals surface area contributed by atoms with E-state index in [9.17, 15) is 9.59 Å². The molecule has 7 heteroatoms. The van der Waals surface area contributed by atoms with Gasteiger partial charge < -0.3 is 14.5 Å². The number of rotatable bonds is 7. The third kappa shape index (κ3) is 5.09. The molecule has 2 aromatic carbocycles. The van der Waals surface area contributed by atoms with Crippen molar-refractivity contribution in [3.8, 4) is 0 Å². The van der Waals surface area contributed by atoms with Crippen molar-refractivity contribution >= 4 is 28.8 Å². The highest BCUT2D eigenvalue weighted by molar-refractivity contribution is 8.16. The van der Waals surface area contributed by atoms with E-state index in [4.69, 9.17) is 9.73 Å². The maximum atomic E-state index is 13.2. The molecule has 0 spiro atoms. The molecule has 0 bridgehead atoms. The molecule has 2 aliphatic heterocycles. The van der Waals surface area contributed by atoms with Crippen LogP contribution in [0.5, 0.6) is 0 Å². The zero-order valence-electron chi connectivity index (χ0n) is 19.9. The monoisotopic (exact) mass is 475 g/mol.